The van der Waals surface area contributed by atoms with Crippen LogP contribution < -0.4 is 0 Å². The minimum absolute atomic E-state index is 0.731. The smallest absolute Gasteiger partial charge is 0.00119 e. The minimum Gasteiger partial charge on any atom is -0.306 e. The van der Waals surface area contributed by atoms with Gasteiger partial charge >= 0.3 is 0 Å². The van der Waals surface area contributed by atoms with Crippen molar-refractivity contribution in [1.29, 1.82) is 0 Å². The van der Waals surface area contributed by atoms with E-state index in [1.165, 1.54) is 38.8 Å². The fourth-order valence-electron chi connectivity index (χ4n) is 2.30. The largest absolute Gasteiger partial charge is 0.306 e. The summed E-state index contributed by atoms with van der Waals surface area (Å²) >= 11 is 4.31. The summed E-state index contributed by atoms with van der Waals surface area (Å²) in [5.74, 6) is 2.72. The summed E-state index contributed by atoms with van der Waals surface area (Å²) in [4.78, 5) is 2.48. The Morgan fingerprint density at radius 3 is 2.54 bits per heavy atom. The number of hydrogen-bond acceptors (Lipinski definition) is 2. The van der Waals surface area contributed by atoms with Gasteiger partial charge in [0, 0.05) is 13.1 Å². The molecule has 0 aliphatic heterocycles. The molecule has 0 spiro atoms. The molecule has 0 aromatic rings. The van der Waals surface area contributed by atoms with E-state index < -0.39 is 0 Å². The molecule has 1 unspecified atom stereocenters. The van der Waals surface area contributed by atoms with Crippen molar-refractivity contribution in [3.8, 4) is 0 Å². The van der Waals surface area contributed by atoms with Crippen molar-refractivity contribution in [3.05, 3.63) is 0 Å². The second-order valence-corrected chi connectivity index (χ2v) is 5.02. The predicted octanol–water partition coefficient (Wildman–Crippen LogP) is 2.67. The van der Waals surface area contributed by atoms with Crippen molar-refractivity contribution >= 4 is 12.6 Å². The van der Waals surface area contributed by atoms with Crippen LogP contribution in [-0.2, 0) is 0 Å². The average molecular weight is 201 g/mol. The van der Waals surface area contributed by atoms with Crippen LogP contribution in [0.4, 0.5) is 0 Å². The normalized spacial score (nSPS) is 21.2. The van der Waals surface area contributed by atoms with Gasteiger partial charge in [-0.3, -0.25) is 0 Å². The van der Waals surface area contributed by atoms with Gasteiger partial charge in [0.15, 0.2) is 0 Å². The summed E-state index contributed by atoms with van der Waals surface area (Å²) < 4.78 is 0. The van der Waals surface area contributed by atoms with E-state index in [9.17, 15) is 0 Å². The third-order valence-electron chi connectivity index (χ3n) is 2.98. The van der Waals surface area contributed by atoms with E-state index in [0.717, 1.165) is 17.6 Å². The highest BCUT2D eigenvalue weighted by Gasteiger charge is 2.17. The SMILES string of the molecule is CC(CS)CN(C)CC1CCCC1. The van der Waals surface area contributed by atoms with Crippen LogP contribution in [0.15, 0.2) is 0 Å². The Hall–Kier alpha value is 0.310. The molecular weight excluding hydrogens is 178 g/mol. The number of nitrogens with zero attached hydrogens (tertiary/aromatic N) is 1. The Morgan fingerprint density at radius 1 is 1.38 bits per heavy atom. The molecule has 1 rings (SSSR count). The molecule has 0 aromatic carbocycles. The quantitative estimate of drug-likeness (QED) is 0.669. The zero-order valence-electron chi connectivity index (χ0n) is 9.00. The highest BCUT2D eigenvalue weighted by molar-refractivity contribution is 7.80. The minimum atomic E-state index is 0.731. The number of thiol groups is 1. The second-order valence-electron chi connectivity index (χ2n) is 4.66. The van der Waals surface area contributed by atoms with Gasteiger partial charge in [0.1, 0.15) is 0 Å². The van der Waals surface area contributed by atoms with Crippen molar-refractivity contribution in [3.63, 3.8) is 0 Å². The van der Waals surface area contributed by atoms with E-state index in [1.54, 1.807) is 0 Å². The zero-order chi connectivity index (χ0) is 9.68. The van der Waals surface area contributed by atoms with Gasteiger partial charge < -0.3 is 4.90 Å². The molecule has 0 amide bonds. The van der Waals surface area contributed by atoms with E-state index in [1.807, 2.05) is 0 Å². The standard InChI is InChI=1S/C11H23NS/c1-10(9-13)7-12(2)8-11-5-3-4-6-11/h10-11,13H,3-9H2,1-2H3. The van der Waals surface area contributed by atoms with Crippen molar-refractivity contribution < 1.29 is 0 Å². The molecule has 1 aliphatic rings. The van der Waals surface area contributed by atoms with E-state index in [0.29, 0.717) is 0 Å². The maximum atomic E-state index is 4.31. The van der Waals surface area contributed by atoms with Gasteiger partial charge in [-0.2, -0.15) is 12.6 Å². The molecule has 1 saturated carbocycles. The molecule has 1 fully saturated rings. The van der Waals surface area contributed by atoms with E-state index >= 15 is 0 Å². The van der Waals surface area contributed by atoms with Crippen LogP contribution in [0.3, 0.4) is 0 Å². The maximum absolute atomic E-state index is 4.31. The van der Waals surface area contributed by atoms with Crippen LogP contribution in [0.25, 0.3) is 0 Å². The fraction of sp³-hybridized carbons (Fsp3) is 1.00. The maximum Gasteiger partial charge on any atom is 0.00119 e. The topological polar surface area (TPSA) is 3.24 Å². The Labute approximate surface area is 88.3 Å². The second kappa shape index (κ2) is 5.92. The van der Waals surface area contributed by atoms with Crippen LogP contribution in [0, 0.1) is 11.8 Å². The summed E-state index contributed by atoms with van der Waals surface area (Å²) in [6, 6.07) is 0. The van der Waals surface area contributed by atoms with Crippen molar-refractivity contribution in [2.75, 3.05) is 25.9 Å². The summed E-state index contributed by atoms with van der Waals surface area (Å²) in [6.07, 6.45) is 5.83. The van der Waals surface area contributed by atoms with Crippen molar-refractivity contribution in [2.24, 2.45) is 11.8 Å². The van der Waals surface area contributed by atoms with Gasteiger partial charge in [0.05, 0.1) is 0 Å². The molecule has 0 saturated heterocycles. The highest BCUT2D eigenvalue weighted by atomic mass is 32.1. The van der Waals surface area contributed by atoms with Gasteiger partial charge in [-0.25, -0.2) is 0 Å². The van der Waals surface area contributed by atoms with E-state index in [-0.39, 0.29) is 0 Å². The number of rotatable bonds is 5. The third kappa shape index (κ3) is 4.37. The van der Waals surface area contributed by atoms with Gasteiger partial charge in [-0.15, -0.1) is 0 Å². The Morgan fingerprint density at radius 2 is 2.00 bits per heavy atom. The highest BCUT2D eigenvalue weighted by Crippen LogP contribution is 2.25. The Kier molecular flexibility index (Phi) is 5.18. The zero-order valence-corrected chi connectivity index (χ0v) is 9.89. The molecule has 1 atom stereocenters. The van der Waals surface area contributed by atoms with Crippen LogP contribution in [-0.4, -0.2) is 30.8 Å². The molecule has 0 aromatic heterocycles. The lowest BCUT2D eigenvalue weighted by atomic mass is 10.1. The first kappa shape index (κ1) is 11.4. The fourth-order valence-corrected chi connectivity index (χ4v) is 2.41. The third-order valence-corrected chi connectivity index (χ3v) is 3.60. The molecule has 0 radical (unpaired) electrons. The van der Waals surface area contributed by atoms with E-state index in [4.69, 9.17) is 0 Å². The van der Waals surface area contributed by atoms with Crippen LogP contribution in [0.2, 0.25) is 0 Å². The van der Waals surface area contributed by atoms with Crippen LogP contribution in [0.5, 0.6) is 0 Å². The van der Waals surface area contributed by atoms with E-state index in [2.05, 4.69) is 31.5 Å². The molecule has 78 valence electrons. The van der Waals surface area contributed by atoms with Crippen LogP contribution >= 0.6 is 12.6 Å². The summed E-state index contributed by atoms with van der Waals surface area (Å²) in [7, 11) is 2.25. The van der Waals surface area contributed by atoms with Gasteiger partial charge in [-0.05, 0) is 37.5 Å². The Balaban J connectivity index is 2.12. The van der Waals surface area contributed by atoms with Crippen molar-refractivity contribution in [2.45, 2.75) is 32.6 Å². The molecule has 0 heterocycles. The molecule has 2 heteroatoms. The molecule has 0 bridgehead atoms. The molecular formula is C11H23NS. The number of hydrogen-bond donors (Lipinski definition) is 1. The lowest BCUT2D eigenvalue weighted by molar-refractivity contribution is 0.253. The lowest BCUT2D eigenvalue weighted by Gasteiger charge is -2.23. The van der Waals surface area contributed by atoms with Gasteiger partial charge in [-0.1, -0.05) is 19.8 Å². The van der Waals surface area contributed by atoms with Crippen LogP contribution in [0.1, 0.15) is 32.6 Å². The van der Waals surface area contributed by atoms with Gasteiger partial charge in [0.25, 0.3) is 0 Å². The first-order valence-electron chi connectivity index (χ1n) is 5.51. The molecule has 0 N–H and O–H groups in total. The van der Waals surface area contributed by atoms with Gasteiger partial charge in [0.2, 0.25) is 0 Å². The molecule has 1 aliphatic carbocycles. The van der Waals surface area contributed by atoms with Crippen molar-refractivity contribution in [1.82, 2.24) is 4.90 Å². The average Bonchev–Trinajstić information content (AvgIpc) is 2.56. The summed E-state index contributed by atoms with van der Waals surface area (Å²) in [5.41, 5.74) is 0. The first-order valence-corrected chi connectivity index (χ1v) is 6.15. The predicted molar refractivity (Wildman–Crippen MR) is 62.5 cm³/mol. The molecule has 13 heavy (non-hydrogen) atoms. The summed E-state index contributed by atoms with van der Waals surface area (Å²) in [5, 5.41) is 0. The first-order chi connectivity index (χ1) is 6.22. The Bertz CT molecular complexity index is 132. The summed E-state index contributed by atoms with van der Waals surface area (Å²) in [6.45, 7) is 4.79. The monoisotopic (exact) mass is 201 g/mol. The lowest BCUT2D eigenvalue weighted by Crippen LogP contribution is -2.29. The molecule has 1 nitrogen and oxygen atoms in total.